The molecule has 4 aromatic heterocycles. The molecule has 0 spiro atoms. The van der Waals surface area contributed by atoms with Crippen LogP contribution in [0.1, 0.15) is 72.2 Å². The SMILES string of the molecule is CC1(C)OB(c2cccc3c2oc2cc4c(cc23)-c2ccccc2C4(c2ccccc2)c2ccccc2)OC1(C)C.Clc1nc(-c2ccccc2)nc(-c2ccc(-c3ccccc3)cc2)n1.[CH3-].c1ccc(-c2ccc(-c3nc(-c4ccccc4)nc(-c4cccc5c4oc4cc6c(cc45)-c4ccccc4C6(c4ccccc4)c4ccccc4)n3)cc2)cc1. The maximum atomic E-state index is 6.98. The van der Waals surface area contributed by atoms with Crippen molar-refractivity contribution in [3.8, 4) is 101 Å². The van der Waals surface area contributed by atoms with Gasteiger partial charge in [-0.2, -0.15) is 9.97 Å². The summed E-state index contributed by atoms with van der Waals surface area (Å²) in [5.74, 6) is 2.91. The summed E-state index contributed by atoms with van der Waals surface area (Å²) in [5.41, 5.74) is 26.3. The third kappa shape index (κ3) is 13.4. The fourth-order valence-corrected chi connectivity index (χ4v) is 18.4. The first kappa shape index (κ1) is 77.1. The molecule has 0 bridgehead atoms. The Labute approximate surface area is 720 Å². The Morgan fingerprint density at radius 2 is 0.537 bits per heavy atom. The van der Waals surface area contributed by atoms with E-state index in [1.807, 2.05) is 97.1 Å². The average molecular weight is 1610 g/mol. The summed E-state index contributed by atoms with van der Waals surface area (Å²) in [7, 11) is -0.496. The van der Waals surface area contributed by atoms with E-state index in [1.54, 1.807) is 0 Å². The molecule has 590 valence electrons. The van der Waals surface area contributed by atoms with Crippen LogP contribution in [0.15, 0.2) is 409 Å². The zero-order valence-corrected chi connectivity index (χ0v) is 69.1. The number of para-hydroxylation sites is 2. The van der Waals surface area contributed by atoms with Gasteiger partial charge >= 0.3 is 7.12 Å². The molecule has 0 amide bonds. The van der Waals surface area contributed by atoms with Crippen molar-refractivity contribution in [1.82, 2.24) is 29.9 Å². The molecule has 0 saturated carbocycles. The molecule has 1 aliphatic heterocycles. The van der Waals surface area contributed by atoms with E-state index < -0.39 is 29.2 Å². The lowest BCUT2D eigenvalue weighted by molar-refractivity contribution is 0.00578. The van der Waals surface area contributed by atoms with Crippen LogP contribution in [0.5, 0.6) is 0 Å². The topological polar surface area (TPSA) is 122 Å². The van der Waals surface area contributed by atoms with Crippen molar-refractivity contribution >= 4 is 68.1 Å². The molecule has 0 radical (unpaired) electrons. The van der Waals surface area contributed by atoms with E-state index in [2.05, 4.69) is 346 Å². The van der Waals surface area contributed by atoms with Gasteiger partial charge in [0.2, 0.25) is 5.28 Å². The van der Waals surface area contributed by atoms with E-state index in [0.717, 1.165) is 93.8 Å². The van der Waals surface area contributed by atoms with E-state index in [0.29, 0.717) is 29.1 Å². The highest BCUT2D eigenvalue weighted by Crippen LogP contribution is 2.60. The molecule has 123 heavy (non-hydrogen) atoms. The Hall–Kier alpha value is -14.6. The number of furan rings is 2. The van der Waals surface area contributed by atoms with Crippen LogP contribution in [0.3, 0.4) is 0 Å². The van der Waals surface area contributed by atoms with Crippen LogP contribution in [0.4, 0.5) is 0 Å². The number of hydrogen-bond acceptors (Lipinski definition) is 10. The Kier molecular flexibility index (Phi) is 19.8. The molecule has 3 aliphatic rings. The van der Waals surface area contributed by atoms with Crippen molar-refractivity contribution in [2.75, 3.05) is 0 Å². The van der Waals surface area contributed by atoms with E-state index in [-0.39, 0.29) is 12.7 Å². The van der Waals surface area contributed by atoms with Crippen molar-refractivity contribution in [3.05, 3.63) is 458 Å². The van der Waals surface area contributed by atoms with E-state index in [1.165, 1.54) is 72.3 Å². The second kappa shape index (κ2) is 31.5. The van der Waals surface area contributed by atoms with Gasteiger partial charge in [-0.25, -0.2) is 19.9 Å². The Morgan fingerprint density at radius 3 is 0.935 bits per heavy atom. The first-order chi connectivity index (χ1) is 59.9. The number of rotatable bonds is 12. The summed E-state index contributed by atoms with van der Waals surface area (Å²) in [6, 6.07) is 140. The molecular weight excluding hydrogens is 1530 g/mol. The second-order valence-corrected chi connectivity index (χ2v) is 32.6. The van der Waals surface area contributed by atoms with Crippen LogP contribution in [-0.2, 0) is 20.1 Å². The molecule has 0 N–H and O–H groups in total. The highest BCUT2D eigenvalue weighted by Gasteiger charge is 2.53. The van der Waals surface area contributed by atoms with Crippen LogP contribution < -0.4 is 5.46 Å². The first-order valence-electron chi connectivity index (χ1n) is 41.2. The van der Waals surface area contributed by atoms with Crippen LogP contribution in [0.2, 0.25) is 5.28 Å². The maximum absolute atomic E-state index is 6.98. The first-order valence-corrected chi connectivity index (χ1v) is 41.6. The van der Waals surface area contributed by atoms with Crippen LogP contribution in [0, 0.1) is 7.43 Å². The van der Waals surface area contributed by atoms with Crippen LogP contribution in [-0.4, -0.2) is 48.2 Å². The quantitative estimate of drug-likeness (QED) is 0.0863. The fourth-order valence-electron chi connectivity index (χ4n) is 18.2. The smallest absolute Gasteiger partial charge is 0.456 e. The average Bonchev–Trinajstić information content (AvgIpc) is 1.53. The number of benzene rings is 16. The molecule has 0 unspecified atom stereocenters. The third-order valence-electron chi connectivity index (χ3n) is 24.7. The Bertz CT molecular complexity index is 7210. The van der Waals surface area contributed by atoms with E-state index in [4.69, 9.17) is 44.7 Å². The molecule has 5 heterocycles. The summed E-state index contributed by atoms with van der Waals surface area (Å²) < 4.78 is 26.6. The zero-order chi connectivity index (χ0) is 82.1. The van der Waals surface area contributed by atoms with Crippen molar-refractivity contribution in [3.63, 3.8) is 0 Å². The number of nitrogens with zero attached hydrogens (tertiary/aromatic N) is 6. The molecule has 16 aromatic carbocycles. The van der Waals surface area contributed by atoms with Gasteiger partial charge < -0.3 is 25.6 Å². The largest absolute Gasteiger partial charge is 0.498 e. The second-order valence-electron chi connectivity index (χ2n) is 32.2. The molecule has 23 rings (SSSR count). The van der Waals surface area contributed by atoms with Gasteiger partial charge in [-0.1, -0.05) is 370 Å². The summed E-state index contributed by atoms with van der Waals surface area (Å²) in [6.45, 7) is 8.34. The van der Waals surface area contributed by atoms with Crippen molar-refractivity contribution in [2.45, 2.75) is 49.7 Å². The summed E-state index contributed by atoms with van der Waals surface area (Å²) >= 11 is 6.11. The lowest BCUT2D eigenvalue weighted by Gasteiger charge is -2.33. The molecule has 0 atom stereocenters. The predicted octanol–water partition coefficient (Wildman–Crippen LogP) is 27.0. The number of aromatic nitrogens is 6. The lowest BCUT2D eigenvalue weighted by atomic mass is 9.67. The van der Waals surface area contributed by atoms with Gasteiger partial charge in [0.05, 0.1) is 27.6 Å². The maximum Gasteiger partial charge on any atom is 0.498 e. The van der Waals surface area contributed by atoms with Gasteiger partial charge in [0.1, 0.15) is 22.3 Å². The summed E-state index contributed by atoms with van der Waals surface area (Å²) in [6.07, 6.45) is 0. The highest BCUT2D eigenvalue weighted by molar-refractivity contribution is 6.65. The lowest BCUT2D eigenvalue weighted by Crippen LogP contribution is -2.41. The molecule has 1 saturated heterocycles. The van der Waals surface area contributed by atoms with E-state index in [9.17, 15) is 0 Å². The van der Waals surface area contributed by atoms with Gasteiger partial charge in [-0.3, -0.25) is 0 Å². The van der Waals surface area contributed by atoms with Crippen LogP contribution >= 0.6 is 11.6 Å². The van der Waals surface area contributed by atoms with Gasteiger partial charge in [0.15, 0.2) is 29.1 Å². The predicted molar refractivity (Wildman–Crippen MR) is 500 cm³/mol. The summed E-state index contributed by atoms with van der Waals surface area (Å²) in [4.78, 5) is 28.3. The zero-order valence-electron chi connectivity index (χ0n) is 68.4. The van der Waals surface area contributed by atoms with Gasteiger partial charge in [0.25, 0.3) is 0 Å². The van der Waals surface area contributed by atoms with Crippen LogP contribution in [0.25, 0.3) is 145 Å². The van der Waals surface area contributed by atoms with Crippen molar-refractivity contribution in [1.29, 1.82) is 0 Å². The standard InChI is InChI=1S/C52H33N3O.C37H31BO3.C21H14ClN3.CH3/c1-5-16-34(17-6-1)35-28-30-37(31-29-35)50-53-49(36-18-7-2-8-19-36)54-51(55-50)42-26-15-25-41-44-32-43-40-24-13-14-27-45(40)52(38-20-9-3-10-21-38,39-22-11-4-12-23-39)46(43)33-47(44)56-48(41)42;1-35(2)36(3,4)41-38(40-35)32-21-13-19-27-29-22-28-26-18-11-12-20-30(26)37(24-14-7-5-8-15-24,25-16-9-6-10-17-25)31(28)23-33(29)39-34(27)32;22-21-24-19(17-9-5-2-6-10-17)23-20(25-21)18-13-11-16(12-14-18)15-7-3-1-4-8-15;/h1-33H;5-23H,1-4H3;1-14H;1H3/q;;;-1. The van der Waals surface area contributed by atoms with Gasteiger partial charge in [-0.05, 0) is 159 Å². The number of hydrogen-bond donors (Lipinski definition) is 0. The molecule has 12 heteroatoms. The minimum Gasteiger partial charge on any atom is -0.456 e. The molecule has 10 nitrogen and oxygen atoms in total. The Balaban J connectivity index is 0.000000126. The molecule has 2 aliphatic carbocycles. The minimum absolute atomic E-state index is 0. The third-order valence-corrected chi connectivity index (χ3v) is 24.9. The van der Waals surface area contributed by atoms with Crippen molar-refractivity contribution in [2.24, 2.45) is 0 Å². The van der Waals surface area contributed by atoms with Crippen molar-refractivity contribution < 1.29 is 18.1 Å². The number of halogens is 1. The highest BCUT2D eigenvalue weighted by atomic mass is 35.5. The fraction of sp³-hybridized carbons (Fsp3) is 0.0721. The number of fused-ring (bicyclic) bond motifs is 12. The van der Waals surface area contributed by atoms with Gasteiger partial charge in [0, 0.05) is 49.3 Å². The van der Waals surface area contributed by atoms with Gasteiger partial charge in [-0.15, -0.1) is 0 Å². The Morgan fingerprint density at radius 1 is 0.244 bits per heavy atom. The molecular formula is C111H81BClN6O4-. The van der Waals surface area contributed by atoms with E-state index >= 15 is 0 Å². The normalized spacial score (nSPS) is 14.0. The molecule has 1 fully saturated rings. The molecule has 20 aromatic rings. The minimum atomic E-state index is -0.520. The monoisotopic (exact) mass is 1610 g/mol. The summed E-state index contributed by atoms with van der Waals surface area (Å²) in [5, 5.41) is 4.44.